The maximum atomic E-state index is 12.3. The van der Waals surface area contributed by atoms with Gasteiger partial charge in [-0.3, -0.25) is 0 Å². The number of nitrogens with one attached hydrogen (secondary N) is 1. The Labute approximate surface area is 138 Å². The molecule has 2 aliphatic rings. The van der Waals surface area contributed by atoms with Crippen molar-refractivity contribution in [1.82, 2.24) is 10.2 Å². The number of hydrogen-bond acceptors (Lipinski definition) is 2. The van der Waals surface area contributed by atoms with Crippen molar-refractivity contribution >= 4 is 6.03 Å². The van der Waals surface area contributed by atoms with Gasteiger partial charge in [-0.15, -0.1) is 0 Å². The molecule has 124 valence electrons. The summed E-state index contributed by atoms with van der Waals surface area (Å²) in [7, 11) is 0. The van der Waals surface area contributed by atoms with Crippen LogP contribution in [-0.4, -0.2) is 42.8 Å². The molecule has 0 aliphatic carbocycles. The van der Waals surface area contributed by atoms with Gasteiger partial charge in [-0.05, 0) is 38.2 Å². The Bertz CT molecular complexity index is 560. The van der Waals surface area contributed by atoms with Crippen LogP contribution in [0.4, 0.5) is 4.79 Å². The molecule has 0 bridgehead atoms. The second kappa shape index (κ2) is 7.18. The molecule has 23 heavy (non-hydrogen) atoms. The molecule has 1 N–H and O–H groups in total. The molecule has 4 heteroatoms. The summed E-state index contributed by atoms with van der Waals surface area (Å²) in [6, 6.07) is 10.3. The lowest BCUT2D eigenvalue weighted by molar-refractivity contribution is -0.0504. The van der Waals surface area contributed by atoms with E-state index in [0.717, 1.165) is 45.4 Å². The normalized spacial score (nSPS) is 20.2. The first-order valence-corrected chi connectivity index (χ1v) is 8.56. The number of hydrogen-bond donors (Lipinski definition) is 1. The van der Waals surface area contributed by atoms with Crippen molar-refractivity contribution in [3.05, 3.63) is 47.5 Å². The molecule has 0 radical (unpaired) electrons. The molecule has 0 unspecified atom stereocenters. The first-order valence-electron chi connectivity index (χ1n) is 8.56. The minimum Gasteiger partial charge on any atom is -0.370 e. The van der Waals surface area contributed by atoms with E-state index in [4.69, 9.17) is 4.74 Å². The van der Waals surface area contributed by atoms with Gasteiger partial charge >= 0.3 is 6.03 Å². The second-order valence-electron chi connectivity index (χ2n) is 6.61. The molecule has 1 aromatic rings. The van der Waals surface area contributed by atoms with Crippen molar-refractivity contribution in [2.45, 2.75) is 38.2 Å². The summed E-state index contributed by atoms with van der Waals surface area (Å²) in [5, 5.41) is 3.03. The topological polar surface area (TPSA) is 41.6 Å². The Morgan fingerprint density at radius 3 is 2.70 bits per heavy atom. The zero-order valence-corrected chi connectivity index (χ0v) is 13.9. The monoisotopic (exact) mass is 314 g/mol. The quantitative estimate of drug-likeness (QED) is 0.871. The van der Waals surface area contributed by atoms with Crippen molar-refractivity contribution < 1.29 is 9.53 Å². The van der Waals surface area contributed by atoms with Crippen LogP contribution in [0.3, 0.4) is 0 Å². The minimum atomic E-state index is -0.122. The Hall–Kier alpha value is -1.81. The molecule has 3 rings (SSSR count). The van der Waals surface area contributed by atoms with Gasteiger partial charge in [-0.1, -0.05) is 42.0 Å². The highest BCUT2D eigenvalue weighted by Gasteiger charge is 2.36. The summed E-state index contributed by atoms with van der Waals surface area (Å²) in [6.07, 6.45) is 5.98. The number of ether oxygens (including phenoxy) is 1. The molecule has 2 amide bonds. The number of urea groups is 1. The van der Waals surface area contributed by atoms with E-state index in [0.29, 0.717) is 6.54 Å². The highest BCUT2D eigenvalue weighted by molar-refractivity contribution is 5.74. The van der Waals surface area contributed by atoms with Crippen molar-refractivity contribution in [3.8, 4) is 0 Å². The molecular weight excluding hydrogens is 288 g/mol. The Balaban J connectivity index is 1.44. The maximum Gasteiger partial charge on any atom is 0.317 e. The van der Waals surface area contributed by atoms with Gasteiger partial charge in [-0.2, -0.15) is 0 Å². The lowest BCUT2D eigenvalue weighted by Gasteiger charge is -2.42. The summed E-state index contributed by atoms with van der Waals surface area (Å²) in [5.41, 5.74) is 2.54. The van der Waals surface area contributed by atoms with Crippen LogP contribution in [0.5, 0.6) is 0 Å². The molecule has 1 fully saturated rings. The number of piperidine rings is 1. The third-order valence-corrected chi connectivity index (χ3v) is 4.83. The van der Waals surface area contributed by atoms with E-state index in [1.165, 1.54) is 11.1 Å². The lowest BCUT2D eigenvalue weighted by Crippen LogP contribution is -2.51. The van der Waals surface area contributed by atoms with Gasteiger partial charge in [-0.25, -0.2) is 4.79 Å². The van der Waals surface area contributed by atoms with Crippen LogP contribution in [0.25, 0.3) is 0 Å². The third kappa shape index (κ3) is 4.14. The molecule has 1 saturated heterocycles. The fraction of sp³-hybridized carbons (Fsp3) is 0.526. The van der Waals surface area contributed by atoms with E-state index in [1.54, 1.807) is 0 Å². The molecular formula is C19H26N2O2. The van der Waals surface area contributed by atoms with Crippen LogP contribution < -0.4 is 5.32 Å². The van der Waals surface area contributed by atoms with Crippen molar-refractivity contribution in [1.29, 1.82) is 0 Å². The van der Waals surface area contributed by atoms with Crippen LogP contribution in [0.2, 0.25) is 0 Å². The Morgan fingerprint density at radius 1 is 1.26 bits per heavy atom. The fourth-order valence-electron chi connectivity index (χ4n) is 3.43. The van der Waals surface area contributed by atoms with Gasteiger partial charge in [0.05, 0.1) is 12.2 Å². The van der Waals surface area contributed by atoms with Crippen LogP contribution in [-0.2, 0) is 11.2 Å². The van der Waals surface area contributed by atoms with Crippen LogP contribution in [0.15, 0.2) is 42.0 Å². The van der Waals surface area contributed by atoms with E-state index in [-0.39, 0.29) is 11.6 Å². The molecule has 4 nitrogen and oxygen atoms in total. The van der Waals surface area contributed by atoms with Crippen molar-refractivity contribution in [2.24, 2.45) is 0 Å². The van der Waals surface area contributed by atoms with Crippen LogP contribution in [0, 0.1) is 0 Å². The third-order valence-electron chi connectivity index (χ3n) is 4.83. The average molecular weight is 314 g/mol. The number of carbonyl (C=O) groups excluding carboxylic acids is 1. The Kier molecular flexibility index (Phi) is 5.01. The highest BCUT2D eigenvalue weighted by atomic mass is 16.5. The summed E-state index contributed by atoms with van der Waals surface area (Å²) < 4.78 is 6.01. The largest absolute Gasteiger partial charge is 0.370 e. The van der Waals surface area contributed by atoms with Gasteiger partial charge < -0.3 is 15.0 Å². The van der Waals surface area contributed by atoms with Crippen LogP contribution >= 0.6 is 0 Å². The van der Waals surface area contributed by atoms with Gasteiger partial charge in [0.2, 0.25) is 0 Å². The Morgan fingerprint density at radius 2 is 2.00 bits per heavy atom. The van der Waals surface area contributed by atoms with E-state index >= 15 is 0 Å². The SMILES string of the molecule is CC1=CC2(CCN(C(=O)NCCc3ccccc3)CC2)OCC1. The number of likely N-dealkylation sites (tertiary alicyclic amines) is 1. The van der Waals surface area contributed by atoms with E-state index in [1.807, 2.05) is 23.1 Å². The molecule has 0 saturated carbocycles. The van der Waals surface area contributed by atoms with E-state index in [2.05, 4.69) is 30.4 Å². The van der Waals surface area contributed by atoms with Gasteiger partial charge in [0, 0.05) is 19.6 Å². The molecule has 0 atom stereocenters. The molecule has 1 spiro atoms. The number of amides is 2. The van der Waals surface area contributed by atoms with Crippen molar-refractivity contribution in [2.75, 3.05) is 26.2 Å². The number of nitrogens with zero attached hydrogens (tertiary/aromatic N) is 1. The lowest BCUT2D eigenvalue weighted by atomic mass is 9.87. The summed E-state index contributed by atoms with van der Waals surface area (Å²) >= 11 is 0. The van der Waals surface area contributed by atoms with Gasteiger partial charge in [0.25, 0.3) is 0 Å². The average Bonchev–Trinajstić information content (AvgIpc) is 2.56. The standard InChI is InChI=1S/C19H26N2O2/c1-16-8-14-23-19(15-16)9-12-21(13-10-19)18(22)20-11-7-17-5-3-2-4-6-17/h2-6,15H,7-14H2,1H3,(H,20,22). The minimum absolute atomic E-state index is 0.0484. The predicted molar refractivity (Wildman–Crippen MR) is 91.4 cm³/mol. The number of carbonyl (C=O) groups is 1. The number of benzene rings is 1. The molecule has 2 heterocycles. The smallest absolute Gasteiger partial charge is 0.317 e. The van der Waals surface area contributed by atoms with Gasteiger partial charge in [0.15, 0.2) is 0 Å². The second-order valence-corrected chi connectivity index (χ2v) is 6.61. The zero-order chi connectivity index (χ0) is 16.1. The first kappa shape index (κ1) is 16.1. The summed E-state index contributed by atoms with van der Waals surface area (Å²) in [4.78, 5) is 14.2. The first-order chi connectivity index (χ1) is 11.2. The predicted octanol–water partition coefficient (Wildman–Crippen LogP) is 3.14. The fourth-order valence-corrected chi connectivity index (χ4v) is 3.43. The molecule has 2 aliphatic heterocycles. The summed E-state index contributed by atoms with van der Waals surface area (Å²) in [6.45, 7) is 5.19. The summed E-state index contributed by atoms with van der Waals surface area (Å²) in [5.74, 6) is 0. The number of rotatable bonds is 3. The maximum absolute atomic E-state index is 12.3. The van der Waals surface area contributed by atoms with Crippen molar-refractivity contribution in [3.63, 3.8) is 0 Å². The van der Waals surface area contributed by atoms with Crippen LogP contribution in [0.1, 0.15) is 31.7 Å². The molecule has 1 aromatic carbocycles. The van der Waals surface area contributed by atoms with Gasteiger partial charge in [0.1, 0.15) is 0 Å². The van der Waals surface area contributed by atoms with E-state index < -0.39 is 0 Å². The molecule has 0 aromatic heterocycles. The zero-order valence-electron chi connectivity index (χ0n) is 13.9. The highest BCUT2D eigenvalue weighted by Crippen LogP contribution is 2.32. The van der Waals surface area contributed by atoms with E-state index in [9.17, 15) is 4.79 Å².